The monoisotopic (exact) mass is 454 g/mol. The van der Waals surface area contributed by atoms with Gasteiger partial charge in [-0.25, -0.2) is 8.42 Å². The third-order valence-electron chi connectivity index (χ3n) is 6.44. The van der Waals surface area contributed by atoms with Crippen molar-refractivity contribution in [3.05, 3.63) is 59.4 Å². The van der Waals surface area contributed by atoms with E-state index in [-0.39, 0.29) is 18.2 Å². The van der Waals surface area contributed by atoms with Crippen LogP contribution < -0.4 is 4.74 Å². The summed E-state index contributed by atoms with van der Waals surface area (Å²) < 4.78 is 35.2. The summed E-state index contributed by atoms with van der Waals surface area (Å²) in [6, 6.07) is 9.31. The second-order valence-corrected chi connectivity index (χ2v) is 11.7. The first-order valence-electron chi connectivity index (χ1n) is 11.6. The number of benzene rings is 1. The Kier molecular flexibility index (Phi) is 6.46. The zero-order chi connectivity index (χ0) is 22.9. The van der Waals surface area contributed by atoms with Crippen LogP contribution >= 0.6 is 0 Å². The first-order valence-corrected chi connectivity index (χ1v) is 13.1. The van der Waals surface area contributed by atoms with Gasteiger partial charge in [0, 0.05) is 11.6 Å². The number of ether oxygens (including phenoxy) is 1. The molecule has 5 nitrogen and oxygen atoms in total. The van der Waals surface area contributed by atoms with E-state index in [1.54, 1.807) is 22.6 Å². The molecule has 1 saturated carbocycles. The Morgan fingerprint density at radius 2 is 1.81 bits per heavy atom. The van der Waals surface area contributed by atoms with Gasteiger partial charge in [-0.3, -0.25) is 4.98 Å². The Morgan fingerprint density at radius 1 is 1.12 bits per heavy atom. The number of pyridine rings is 1. The molecule has 0 N–H and O–H groups in total. The van der Waals surface area contributed by atoms with Crippen LogP contribution in [0.25, 0.3) is 6.08 Å². The normalized spacial score (nSPS) is 18.6. The molecular weight excluding hydrogens is 420 g/mol. The highest BCUT2D eigenvalue weighted by Gasteiger charge is 2.33. The standard InChI is InChI=1S/C26H34N2O3S/c1-19(2)20-10-12-24(13-11-20)32(29,30)28(23-8-6-5-7-9-23)18-22-16-21-14-15-26(3,4)31-25(21)17-27-22/h10-17,19,23H,5-9,18H2,1-4H3. The van der Waals surface area contributed by atoms with Crippen molar-refractivity contribution in [3.8, 4) is 5.75 Å². The molecule has 0 amide bonds. The minimum atomic E-state index is -3.64. The first-order chi connectivity index (χ1) is 15.2. The Labute approximate surface area is 192 Å². The van der Waals surface area contributed by atoms with Gasteiger partial charge in [-0.15, -0.1) is 0 Å². The van der Waals surface area contributed by atoms with Crippen molar-refractivity contribution in [3.63, 3.8) is 0 Å². The van der Waals surface area contributed by atoms with E-state index in [0.717, 1.165) is 48.3 Å². The summed E-state index contributed by atoms with van der Waals surface area (Å²) in [5.41, 5.74) is 2.45. The Hall–Kier alpha value is -2.18. The molecule has 0 radical (unpaired) electrons. The third-order valence-corrected chi connectivity index (χ3v) is 8.36. The van der Waals surface area contributed by atoms with Crippen LogP contribution in [0.5, 0.6) is 5.75 Å². The van der Waals surface area contributed by atoms with Crippen molar-refractivity contribution in [2.24, 2.45) is 0 Å². The lowest BCUT2D eigenvalue weighted by Gasteiger charge is -2.33. The molecule has 4 rings (SSSR count). The summed E-state index contributed by atoms with van der Waals surface area (Å²) in [5.74, 6) is 1.10. The molecule has 2 aromatic rings. The van der Waals surface area contributed by atoms with Crippen molar-refractivity contribution >= 4 is 16.1 Å². The molecule has 1 aromatic carbocycles. The minimum Gasteiger partial charge on any atom is -0.482 e. The number of sulfonamides is 1. The van der Waals surface area contributed by atoms with E-state index in [0.29, 0.717) is 10.8 Å². The maximum absolute atomic E-state index is 13.8. The average Bonchev–Trinajstić information content (AvgIpc) is 2.77. The Balaban J connectivity index is 1.65. The van der Waals surface area contributed by atoms with Gasteiger partial charge in [0.2, 0.25) is 10.0 Å². The van der Waals surface area contributed by atoms with Crippen LogP contribution in [0.3, 0.4) is 0 Å². The van der Waals surface area contributed by atoms with Crippen LogP contribution in [0.4, 0.5) is 0 Å². The second kappa shape index (κ2) is 8.99. The third kappa shape index (κ3) is 4.91. The lowest BCUT2D eigenvalue weighted by Crippen LogP contribution is -2.41. The molecular formula is C26H34N2O3S. The number of fused-ring (bicyclic) bond motifs is 1. The van der Waals surface area contributed by atoms with Gasteiger partial charge in [0.25, 0.3) is 0 Å². The van der Waals surface area contributed by atoms with E-state index >= 15 is 0 Å². The van der Waals surface area contributed by atoms with Crippen LogP contribution in [0.1, 0.15) is 82.5 Å². The molecule has 32 heavy (non-hydrogen) atoms. The van der Waals surface area contributed by atoms with E-state index in [1.807, 2.05) is 44.2 Å². The fourth-order valence-electron chi connectivity index (χ4n) is 4.51. The molecule has 1 aliphatic heterocycles. The summed E-state index contributed by atoms with van der Waals surface area (Å²) in [6.45, 7) is 8.49. The molecule has 2 heterocycles. The molecule has 0 unspecified atom stereocenters. The number of nitrogens with zero attached hydrogens (tertiary/aromatic N) is 2. The molecule has 172 valence electrons. The summed E-state index contributed by atoms with van der Waals surface area (Å²) in [7, 11) is -3.64. The average molecular weight is 455 g/mol. The molecule has 6 heteroatoms. The van der Waals surface area contributed by atoms with E-state index in [4.69, 9.17) is 4.74 Å². The van der Waals surface area contributed by atoms with Crippen molar-refractivity contribution in [1.82, 2.24) is 9.29 Å². The Morgan fingerprint density at radius 3 is 2.47 bits per heavy atom. The molecule has 1 fully saturated rings. The lowest BCUT2D eigenvalue weighted by molar-refractivity contribution is 0.158. The van der Waals surface area contributed by atoms with Crippen LogP contribution in [0.2, 0.25) is 0 Å². The van der Waals surface area contributed by atoms with Gasteiger partial charge < -0.3 is 4.74 Å². The summed E-state index contributed by atoms with van der Waals surface area (Å²) in [5, 5.41) is 0. The zero-order valence-corrected chi connectivity index (χ0v) is 20.4. The summed E-state index contributed by atoms with van der Waals surface area (Å²) in [4.78, 5) is 4.93. The predicted octanol–water partition coefficient (Wildman–Crippen LogP) is 5.91. The van der Waals surface area contributed by atoms with Gasteiger partial charge in [-0.1, -0.05) is 51.3 Å². The van der Waals surface area contributed by atoms with Gasteiger partial charge >= 0.3 is 0 Å². The van der Waals surface area contributed by atoms with Gasteiger partial charge in [0.1, 0.15) is 11.4 Å². The van der Waals surface area contributed by atoms with Crippen LogP contribution in [-0.2, 0) is 16.6 Å². The molecule has 2 aliphatic rings. The number of hydrogen-bond acceptors (Lipinski definition) is 4. The van der Waals surface area contributed by atoms with E-state index in [2.05, 4.69) is 18.8 Å². The number of aromatic nitrogens is 1. The van der Waals surface area contributed by atoms with Crippen molar-refractivity contribution in [1.29, 1.82) is 0 Å². The SMILES string of the molecule is CC(C)c1ccc(S(=O)(=O)N(Cc2cc3c(cn2)OC(C)(C)C=C3)C2CCCCC2)cc1. The largest absolute Gasteiger partial charge is 0.482 e. The van der Waals surface area contributed by atoms with Gasteiger partial charge in [0.05, 0.1) is 23.3 Å². The molecule has 0 bridgehead atoms. The summed E-state index contributed by atoms with van der Waals surface area (Å²) >= 11 is 0. The molecule has 0 saturated heterocycles. The highest BCUT2D eigenvalue weighted by molar-refractivity contribution is 7.89. The van der Waals surface area contributed by atoms with Crippen LogP contribution in [-0.4, -0.2) is 29.3 Å². The molecule has 1 aliphatic carbocycles. The fourth-order valence-corrected chi connectivity index (χ4v) is 6.17. The maximum atomic E-state index is 13.8. The van der Waals surface area contributed by atoms with Crippen molar-refractivity contribution < 1.29 is 13.2 Å². The van der Waals surface area contributed by atoms with E-state index in [1.165, 1.54) is 6.42 Å². The predicted molar refractivity (Wildman–Crippen MR) is 128 cm³/mol. The molecule has 0 spiro atoms. The van der Waals surface area contributed by atoms with Gasteiger partial charge in [-0.2, -0.15) is 4.31 Å². The quantitative estimate of drug-likeness (QED) is 0.544. The van der Waals surface area contributed by atoms with Crippen molar-refractivity contribution in [2.75, 3.05) is 0 Å². The van der Waals surface area contributed by atoms with E-state index < -0.39 is 10.0 Å². The maximum Gasteiger partial charge on any atom is 0.243 e. The van der Waals surface area contributed by atoms with Gasteiger partial charge in [0.15, 0.2) is 0 Å². The number of hydrogen-bond donors (Lipinski definition) is 0. The lowest BCUT2D eigenvalue weighted by atomic mass is 9.95. The van der Waals surface area contributed by atoms with Crippen LogP contribution in [0, 0.1) is 0 Å². The van der Waals surface area contributed by atoms with Gasteiger partial charge in [-0.05, 0) is 62.4 Å². The van der Waals surface area contributed by atoms with E-state index in [9.17, 15) is 8.42 Å². The highest BCUT2D eigenvalue weighted by atomic mass is 32.2. The highest BCUT2D eigenvalue weighted by Crippen LogP contribution is 2.33. The fraction of sp³-hybridized carbons (Fsp3) is 0.500. The number of rotatable bonds is 6. The Bertz CT molecular complexity index is 1080. The second-order valence-electron chi connectivity index (χ2n) is 9.82. The minimum absolute atomic E-state index is 0.00193. The topological polar surface area (TPSA) is 59.5 Å². The van der Waals surface area contributed by atoms with Crippen molar-refractivity contribution in [2.45, 2.75) is 88.8 Å². The zero-order valence-electron chi connectivity index (χ0n) is 19.5. The summed E-state index contributed by atoms with van der Waals surface area (Å²) in [6.07, 6.45) is 10.9. The molecule has 0 atom stereocenters. The first kappa shape index (κ1) is 23.0. The smallest absolute Gasteiger partial charge is 0.243 e. The molecule has 1 aromatic heterocycles. The van der Waals surface area contributed by atoms with Crippen LogP contribution in [0.15, 0.2) is 47.5 Å².